The molecular weight excluding hydrogens is 211 g/mol. The summed E-state index contributed by atoms with van der Waals surface area (Å²) < 4.78 is 0. The van der Waals surface area contributed by atoms with E-state index in [0.717, 1.165) is 6.42 Å². The Hall–Kier alpha value is 0.536. The molecule has 1 aliphatic heterocycles. The van der Waals surface area contributed by atoms with Crippen molar-refractivity contribution in [2.24, 2.45) is 5.73 Å². The summed E-state index contributed by atoms with van der Waals surface area (Å²) in [6.07, 6.45) is 1.28. The van der Waals surface area contributed by atoms with E-state index in [9.17, 15) is 9.59 Å². The van der Waals surface area contributed by atoms with E-state index < -0.39 is 18.1 Å². The second-order valence-electron chi connectivity index (χ2n) is 3.32. The molecule has 0 bridgehead atoms. The summed E-state index contributed by atoms with van der Waals surface area (Å²) in [7, 11) is 0. The summed E-state index contributed by atoms with van der Waals surface area (Å²) in [5, 5.41) is 8.78. The van der Waals surface area contributed by atoms with Gasteiger partial charge in [-0.2, -0.15) is 0 Å². The molecule has 1 amide bonds. The van der Waals surface area contributed by atoms with Gasteiger partial charge in [-0.25, -0.2) is 4.79 Å². The number of carbonyl (C=O) groups excluding carboxylic acids is 1. The molecule has 6 heteroatoms. The van der Waals surface area contributed by atoms with Gasteiger partial charge in [0.05, 0.1) is 6.04 Å². The van der Waals surface area contributed by atoms with E-state index >= 15 is 0 Å². The second-order valence-corrected chi connectivity index (χ2v) is 3.32. The van der Waals surface area contributed by atoms with Crippen LogP contribution >= 0.6 is 0 Å². The van der Waals surface area contributed by atoms with Gasteiger partial charge in [0.25, 0.3) is 0 Å². The van der Waals surface area contributed by atoms with Gasteiger partial charge >= 0.3 is 57.4 Å². The molecule has 0 aliphatic carbocycles. The van der Waals surface area contributed by atoms with Crippen LogP contribution in [0.3, 0.4) is 0 Å². The maximum absolute atomic E-state index is 11.4. The predicted octanol–water partition coefficient (Wildman–Crippen LogP) is -1.24. The number of nitrogens with zero attached hydrogens (tertiary/aromatic N) is 1. The maximum atomic E-state index is 11.4. The number of rotatable bonds is 2. The van der Waals surface area contributed by atoms with Crippen LogP contribution in [0.4, 0.5) is 0 Å². The zero-order chi connectivity index (χ0) is 10.0. The third kappa shape index (κ3) is 3.29. The molecule has 14 heavy (non-hydrogen) atoms. The molecule has 0 aromatic carbocycles. The summed E-state index contributed by atoms with van der Waals surface area (Å²) in [6, 6.07) is -1.28. The second kappa shape index (κ2) is 6.19. The fraction of sp³-hybridized carbons (Fsp3) is 0.750. The van der Waals surface area contributed by atoms with Crippen molar-refractivity contribution < 1.29 is 14.7 Å². The first-order chi connectivity index (χ1) is 6.04. The number of aliphatic carboxylic acids is 1. The summed E-state index contributed by atoms with van der Waals surface area (Å²) in [5.74, 6) is -1.21. The molecule has 1 fully saturated rings. The molecule has 2 atom stereocenters. The van der Waals surface area contributed by atoms with Crippen molar-refractivity contribution in [3.8, 4) is 0 Å². The van der Waals surface area contributed by atoms with Crippen LogP contribution in [0.1, 0.15) is 19.8 Å². The van der Waals surface area contributed by atoms with Gasteiger partial charge in [-0.05, 0) is 19.8 Å². The van der Waals surface area contributed by atoms with Crippen molar-refractivity contribution in [1.29, 1.82) is 0 Å². The molecule has 3 N–H and O–H groups in total. The quantitative estimate of drug-likeness (QED) is 0.577. The summed E-state index contributed by atoms with van der Waals surface area (Å²) in [5.41, 5.74) is 5.39. The molecule has 0 saturated carbocycles. The Bertz CT molecular complexity index is 233. The van der Waals surface area contributed by atoms with E-state index in [1.165, 1.54) is 4.90 Å². The number of carboxylic acids is 1. The predicted molar refractivity (Wildman–Crippen MR) is 53.2 cm³/mol. The van der Waals surface area contributed by atoms with Gasteiger partial charge in [-0.1, -0.05) is 0 Å². The SMILES string of the molecule is C[C@H](N)C(=O)N1CCC[C@H]1C(=O)O.[KH]. The van der Waals surface area contributed by atoms with E-state index in [4.69, 9.17) is 10.8 Å². The normalized spacial score (nSPS) is 22.7. The van der Waals surface area contributed by atoms with Gasteiger partial charge in [-0.3, -0.25) is 4.79 Å². The van der Waals surface area contributed by atoms with Crippen molar-refractivity contribution in [2.75, 3.05) is 6.54 Å². The van der Waals surface area contributed by atoms with Crippen LogP contribution in [0.2, 0.25) is 0 Å². The van der Waals surface area contributed by atoms with Crippen LogP contribution in [0.5, 0.6) is 0 Å². The Morgan fingerprint density at radius 1 is 1.57 bits per heavy atom. The number of likely N-dealkylation sites (tertiary alicyclic amines) is 1. The number of amides is 1. The fourth-order valence-corrected chi connectivity index (χ4v) is 1.55. The van der Waals surface area contributed by atoms with Crippen LogP contribution in [-0.4, -0.2) is 91.9 Å². The Labute approximate surface area is 125 Å². The van der Waals surface area contributed by atoms with Crippen molar-refractivity contribution in [3.63, 3.8) is 0 Å². The third-order valence-corrected chi connectivity index (χ3v) is 2.21. The summed E-state index contributed by atoms with van der Waals surface area (Å²) in [6.45, 7) is 2.08. The topological polar surface area (TPSA) is 83.6 Å². The standard InChI is InChI=1S/C8H14N2O3.K.H/c1-5(9)7(11)10-4-2-3-6(10)8(12)13;;/h5-6H,2-4,9H2,1H3,(H,12,13);;/t5-,6-;;/m0../s1. The molecule has 5 nitrogen and oxygen atoms in total. The molecular formula is C8H15KN2O3. The average molecular weight is 226 g/mol. The average Bonchev–Trinajstić information content (AvgIpc) is 2.50. The van der Waals surface area contributed by atoms with Crippen molar-refractivity contribution in [1.82, 2.24) is 4.90 Å². The first-order valence-electron chi connectivity index (χ1n) is 4.33. The summed E-state index contributed by atoms with van der Waals surface area (Å²) in [4.78, 5) is 23.5. The monoisotopic (exact) mass is 226 g/mol. The number of hydrogen-bond donors (Lipinski definition) is 2. The van der Waals surface area contributed by atoms with Crippen LogP contribution in [-0.2, 0) is 9.59 Å². The van der Waals surface area contributed by atoms with Gasteiger partial charge in [0.1, 0.15) is 6.04 Å². The Morgan fingerprint density at radius 3 is 2.57 bits per heavy atom. The minimum absolute atomic E-state index is 0. The zero-order valence-electron chi connectivity index (χ0n) is 7.56. The molecule has 0 spiro atoms. The third-order valence-electron chi connectivity index (χ3n) is 2.21. The minimum atomic E-state index is -0.938. The van der Waals surface area contributed by atoms with E-state index in [1.54, 1.807) is 6.92 Å². The summed E-state index contributed by atoms with van der Waals surface area (Å²) >= 11 is 0. The molecule has 1 heterocycles. The molecule has 1 saturated heterocycles. The van der Waals surface area contributed by atoms with E-state index in [2.05, 4.69) is 0 Å². The van der Waals surface area contributed by atoms with Crippen LogP contribution in [0, 0.1) is 0 Å². The van der Waals surface area contributed by atoms with E-state index in [0.29, 0.717) is 13.0 Å². The number of carboxylic acid groups (broad SMARTS) is 1. The van der Waals surface area contributed by atoms with Crippen molar-refractivity contribution in [2.45, 2.75) is 31.8 Å². The van der Waals surface area contributed by atoms with Crippen LogP contribution in [0.25, 0.3) is 0 Å². The fourth-order valence-electron chi connectivity index (χ4n) is 1.55. The molecule has 0 aromatic rings. The Balaban J connectivity index is 0.00000169. The molecule has 0 unspecified atom stereocenters. The number of carbonyl (C=O) groups is 2. The molecule has 76 valence electrons. The zero-order valence-corrected chi connectivity index (χ0v) is 7.56. The van der Waals surface area contributed by atoms with Gasteiger partial charge in [0, 0.05) is 6.54 Å². The van der Waals surface area contributed by atoms with E-state index in [1.807, 2.05) is 0 Å². The Kier molecular flexibility index (Phi) is 6.43. The van der Waals surface area contributed by atoms with Gasteiger partial charge < -0.3 is 15.7 Å². The van der Waals surface area contributed by atoms with Gasteiger partial charge in [0.2, 0.25) is 5.91 Å². The number of nitrogens with two attached hydrogens (primary N) is 1. The first-order valence-corrected chi connectivity index (χ1v) is 4.33. The van der Waals surface area contributed by atoms with Crippen LogP contribution < -0.4 is 5.73 Å². The van der Waals surface area contributed by atoms with Crippen molar-refractivity contribution >= 4 is 63.3 Å². The van der Waals surface area contributed by atoms with Gasteiger partial charge in [0.15, 0.2) is 0 Å². The van der Waals surface area contributed by atoms with Gasteiger partial charge in [-0.15, -0.1) is 0 Å². The molecule has 0 aromatic heterocycles. The molecule has 1 rings (SSSR count). The molecule has 0 radical (unpaired) electrons. The Morgan fingerprint density at radius 2 is 2.14 bits per heavy atom. The first kappa shape index (κ1) is 14.5. The van der Waals surface area contributed by atoms with Crippen LogP contribution in [0.15, 0.2) is 0 Å². The molecule has 1 aliphatic rings. The van der Waals surface area contributed by atoms with E-state index in [-0.39, 0.29) is 57.3 Å². The number of hydrogen-bond acceptors (Lipinski definition) is 3. The van der Waals surface area contributed by atoms with Crippen molar-refractivity contribution in [3.05, 3.63) is 0 Å².